The number of cyclic esters (lactones) is 1. The molecule has 0 bridgehead atoms. The average Bonchev–Trinajstić information content (AvgIpc) is 1.63. The summed E-state index contributed by atoms with van der Waals surface area (Å²) in [5.41, 5.74) is 8.23. The lowest BCUT2D eigenvalue weighted by atomic mass is 9.81. The van der Waals surface area contributed by atoms with Gasteiger partial charge in [0.05, 0.1) is 147 Å². The maximum atomic E-state index is 15.5. The van der Waals surface area contributed by atoms with Crippen LogP contribution in [-0.2, 0) is 103 Å². The molecule has 502 valence electrons. The average molecular weight is 1280 g/mol. The minimum Gasteiger partial charge on any atom is -0.458 e. The number of unbranched alkanes of at least 4 members (excludes halogenated alkanes) is 1. The number of rotatable bonds is 43. The van der Waals surface area contributed by atoms with E-state index < -0.39 is 64.9 Å². The molecule has 2 aromatic carbocycles. The molecule has 26 heteroatoms. The summed E-state index contributed by atoms with van der Waals surface area (Å²) >= 11 is 0. The highest BCUT2D eigenvalue weighted by atomic mass is 19.1. The first-order valence-corrected chi connectivity index (χ1v) is 31.7. The van der Waals surface area contributed by atoms with Crippen LogP contribution in [0.2, 0.25) is 0 Å². The van der Waals surface area contributed by atoms with Gasteiger partial charge in [0.2, 0.25) is 17.7 Å². The van der Waals surface area contributed by atoms with Crippen molar-refractivity contribution in [2.45, 2.75) is 129 Å². The number of carbonyl (C=O) groups excluding carboxylic acids is 5. The third-order valence-electron chi connectivity index (χ3n) is 15.9. The fraction of sp³-hybridized carbons (Fsp3) is 0.615. The third kappa shape index (κ3) is 20.5. The van der Waals surface area contributed by atoms with Crippen molar-refractivity contribution in [3.05, 3.63) is 91.5 Å². The van der Waals surface area contributed by atoms with Gasteiger partial charge in [-0.05, 0) is 105 Å². The maximum absolute atomic E-state index is 15.5. The summed E-state index contributed by atoms with van der Waals surface area (Å²) in [6.07, 6.45) is 2.51. The molecular formula is C65H92FN7O18. The molecule has 2 aromatic heterocycles. The van der Waals surface area contributed by atoms with Crippen molar-refractivity contribution in [1.29, 1.82) is 0 Å². The number of aryl methyl sites for hydroxylation is 1. The number of pyridine rings is 2. The van der Waals surface area contributed by atoms with E-state index in [1.54, 1.807) is 58.0 Å². The van der Waals surface area contributed by atoms with E-state index >= 15 is 4.39 Å². The minimum atomic E-state index is -2.04. The van der Waals surface area contributed by atoms with Gasteiger partial charge in [-0.25, -0.2) is 19.0 Å². The summed E-state index contributed by atoms with van der Waals surface area (Å²) in [5.74, 6) is -2.99. The molecule has 4 aromatic rings. The number of nitrogens with one attached hydrogen (secondary N) is 4. The van der Waals surface area contributed by atoms with E-state index in [0.29, 0.717) is 182 Å². The normalized spacial score (nSPS) is 16.2. The van der Waals surface area contributed by atoms with Gasteiger partial charge in [0.15, 0.2) is 5.60 Å². The Labute approximate surface area is 530 Å². The van der Waals surface area contributed by atoms with Gasteiger partial charge in [0.25, 0.3) is 5.56 Å². The number of aromatic nitrogens is 2. The van der Waals surface area contributed by atoms with E-state index in [2.05, 4.69) is 28.2 Å². The van der Waals surface area contributed by atoms with Crippen molar-refractivity contribution in [3.63, 3.8) is 0 Å². The molecule has 2 aliphatic heterocycles. The molecule has 0 spiro atoms. The highest BCUT2D eigenvalue weighted by molar-refractivity contribution is 5.98. The zero-order chi connectivity index (χ0) is 65.1. The highest BCUT2D eigenvalue weighted by Gasteiger charge is 2.46. The second-order valence-corrected chi connectivity index (χ2v) is 22.7. The Bertz CT molecular complexity index is 3090. The Kier molecular flexibility index (Phi) is 29.4. The molecule has 0 radical (unpaired) electrons. The number of aliphatic hydroxyl groups is 1. The van der Waals surface area contributed by atoms with Gasteiger partial charge in [0, 0.05) is 41.3 Å². The number of hydrogen-bond acceptors (Lipinski definition) is 20. The first kappa shape index (κ1) is 71.9. The van der Waals surface area contributed by atoms with Gasteiger partial charge in [0.1, 0.15) is 31.1 Å². The predicted molar refractivity (Wildman–Crippen MR) is 333 cm³/mol. The summed E-state index contributed by atoms with van der Waals surface area (Å²) in [6, 6.07) is 7.08. The number of amides is 4. The zero-order valence-electron chi connectivity index (χ0n) is 53.2. The van der Waals surface area contributed by atoms with Gasteiger partial charge in [-0.15, -0.1) is 0 Å². The van der Waals surface area contributed by atoms with Gasteiger partial charge in [-0.2, -0.15) is 0 Å². The molecule has 0 saturated heterocycles. The molecule has 25 nitrogen and oxygen atoms in total. The lowest BCUT2D eigenvalue weighted by molar-refractivity contribution is -0.172. The lowest BCUT2D eigenvalue weighted by Gasteiger charge is -2.31. The standard InChI is InChI=1S/C65H92FN7O18/c1-6-19-81-21-23-83-25-27-85-29-31-87-33-35-89-36-34-88-32-30-86-28-26-84-24-22-82-20-17-55(74)72-58(42(3)4)61(76)70-52(10-8-9-18-67)60(75)68-45-13-11-44(12-14-45)40-91-64(79)71-51-16-15-46-43(5)50(66)38-53-56(46)57(51)47-39-73-54(59(47)69-53)37-49-48(62(73)77)41-90-63(78)65(49,80)7-2/h11-14,37-38,42,51-52,58,80H,6-10,15-36,39-41,67H2,1-5H3,(H,68,75)(H,70,76)(H,71,79)(H,72,74)/t51-,52-,58-,65-/m0/s1. The van der Waals surface area contributed by atoms with Gasteiger partial charge >= 0.3 is 12.1 Å². The van der Waals surface area contributed by atoms with Crippen LogP contribution in [0.1, 0.15) is 118 Å². The largest absolute Gasteiger partial charge is 0.458 e. The van der Waals surface area contributed by atoms with E-state index in [1.165, 1.54) is 10.6 Å². The number of carbonyl (C=O) groups is 5. The topological polar surface area (TPSA) is 316 Å². The number of ether oxygens (including phenoxy) is 11. The number of fused-ring (bicyclic) bond motifs is 5. The van der Waals surface area contributed by atoms with Gasteiger partial charge in [-0.1, -0.05) is 39.8 Å². The molecule has 4 atom stereocenters. The number of anilines is 1. The fourth-order valence-electron chi connectivity index (χ4n) is 10.9. The van der Waals surface area contributed by atoms with Crippen LogP contribution >= 0.6 is 0 Å². The second kappa shape index (κ2) is 37.2. The van der Waals surface area contributed by atoms with Crippen molar-refractivity contribution in [2.75, 3.05) is 131 Å². The molecule has 4 amide bonds. The fourth-order valence-corrected chi connectivity index (χ4v) is 10.9. The monoisotopic (exact) mass is 1280 g/mol. The van der Waals surface area contributed by atoms with E-state index in [1.807, 2.05) is 0 Å². The number of alkyl carbamates (subject to hydrolysis) is 1. The number of hydrogen-bond donors (Lipinski definition) is 6. The molecule has 7 rings (SSSR count). The molecule has 0 unspecified atom stereocenters. The van der Waals surface area contributed by atoms with E-state index in [9.17, 15) is 33.9 Å². The predicted octanol–water partition coefficient (Wildman–Crippen LogP) is 5.08. The Balaban J connectivity index is 0.782. The first-order valence-electron chi connectivity index (χ1n) is 31.7. The molecule has 0 fully saturated rings. The second-order valence-electron chi connectivity index (χ2n) is 22.7. The lowest BCUT2D eigenvalue weighted by Crippen LogP contribution is -2.54. The van der Waals surface area contributed by atoms with E-state index in [0.717, 1.165) is 18.6 Å². The quantitative estimate of drug-likeness (QED) is 0.0219. The molecule has 7 N–H and O–H groups in total. The maximum Gasteiger partial charge on any atom is 0.407 e. The van der Waals surface area contributed by atoms with Crippen LogP contribution in [0, 0.1) is 18.7 Å². The summed E-state index contributed by atoms with van der Waals surface area (Å²) in [4.78, 5) is 85.9. The number of nitrogens with zero attached hydrogens (tertiary/aromatic N) is 2. The third-order valence-corrected chi connectivity index (χ3v) is 15.9. The molecule has 4 heterocycles. The van der Waals surface area contributed by atoms with E-state index in [4.69, 9.17) is 62.8 Å². The Morgan fingerprint density at radius 3 is 1.88 bits per heavy atom. The van der Waals surface area contributed by atoms with Crippen LogP contribution in [0.3, 0.4) is 0 Å². The van der Waals surface area contributed by atoms with Gasteiger partial charge < -0.3 is 88.8 Å². The number of nitrogens with two attached hydrogens (primary N) is 1. The van der Waals surface area contributed by atoms with Gasteiger partial charge in [-0.3, -0.25) is 19.2 Å². The smallest absolute Gasteiger partial charge is 0.407 e. The molecule has 91 heavy (non-hydrogen) atoms. The number of esters is 1. The molecule has 1 aliphatic carbocycles. The van der Waals surface area contributed by atoms with E-state index in [-0.39, 0.29) is 69.3 Å². The van der Waals surface area contributed by atoms with Crippen LogP contribution in [-0.4, -0.2) is 182 Å². The molecule has 0 saturated carbocycles. The molecular weight excluding hydrogens is 1190 g/mol. The van der Waals surface area contributed by atoms with Crippen molar-refractivity contribution in [2.24, 2.45) is 11.7 Å². The van der Waals surface area contributed by atoms with Crippen LogP contribution in [0.15, 0.2) is 41.2 Å². The summed E-state index contributed by atoms with van der Waals surface area (Å²) in [7, 11) is 0. The minimum absolute atomic E-state index is 0.000629. The molecule has 3 aliphatic rings. The van der Waals surface area contributed by atoms with Crippen LogP contribution < -0.4 is 32.6 Å². The number of benzene rings is 2. The Hall–Kier alpha value is -6.56. The SMILES string of the molecule is CCCOCCOCCOCCOCCOCCOCCOCCOCCOCCC(=O)N[C@H](C(=O)N[C@@H](CCCCN)C(=O)Nc1ccc(COC(=O)N[C@H]2CCc3c(C)c(F)cc4nc5c(c2c34)Cn2c-5cc3c(c2=O)COC(=O)[C@]3(O)CC)cc1)C(C)C. The first-order chi connectivity index (χ1) is 44.1. The number of halogens is 1. The highest BCUT2D eigenvalue weighted by Crippen LogP contribution is 2.46. The summed E-state index contributed by atoms with van der Waals surface area (Å²) in [6.45, 7) is 17.0. The van der Waals surface area contributed by atoms with Crippen LogP contribution in [0.5, 0.6) is 0 Å². The van der Waals surface area contributed by atoms with Crippen molar-refractivity contribution in [3.8, 4) is 11.4 Å². The Morgan fingerprint density at radius 2 is 1.33 bits per heavy atom. The Morgan fingerprint density at radius 1 is 0.758 bits per heavy atom. The van der Waals surface area contributed by atoms with Crippen LogP contribution in [0.4, 0.5) is 14.9 Å². The summed E-state index contributed by atoms with van der Waals surface area (Å²) in [5, 5.41) is 23.6. The summed E-state index contributed by atoms with van der Waals surface area (Å²) < 4.78 is 77.4. The van der Waals surface area contributed by atoms with Crippen LogP contribution in [0.25, 0.3) is 22.3 Å². The van der Waals surface area contributed by atoms with Crippen molar-refractivity contribution >= 4 is 46.4 Å². The van der Waals surface area contributed by atoms with Crippen molar-refractivity contribution < 1.29 is 85.6 Å². The van der Waals surface area contributed by atoms with Crippen molar-refractivity contribution in [1.82, 2.24) is 25.5 Å². The zero-order valence-corrected chi connectivity index (χ0v) is 53.2.